The van der Waals surface area contributed by atoms with Crippen LogP contribution in [0.25, 0.3) is 5.57 Å². The number of rotatable bonds is 5. The molecule has 2 heterocycles. The fourth-order valence-electron chi connectivity index (χ4n) is 3.98. The van der Waals surface area contributed by atoms with E-state index in [1.165, 1.54) is 11.0 Å². The van der Waals surface area contributed by atoms with Crippen LogP contribution in [0.15, 0.2) is 43.4 Å². The van der Waals surface area contributed by atoms with Crippen molar-refractivity contribution in [2.24, 2.45) is 5.92 Å². The first-order valence-electron chi connectivity index (χ1n) is 9.82. The molecule has 2 aliphatic rings. The molecule has 1 saturated carbocycles. The van der Waals surface area contributed by atoms with E-state index in [4.69, 9.17) is 4.74 Å². The summed E-state index contributed by atoms with van der Waals surface area (Å²) in [5.74, 6) is -0.601. The number of likely N-dealkylation sites (tertiary alicyclic amines) is 1. The molecule has 2 atom stereocenters. The normalized spacial score (nSPS) is 26.1. The second-order valence-corrected chi connectivity index (χ2v) is 7.78. The molecular weight excluding hydrogens is 373 g/mol. The molecule has 1 aromatic carbocycles. The maximum absolute atomic E-state index is 14.2. The quantitative estimate of drug-likeness (QED) is 0.836. The molecule has 7 heteroatoms. The van der Waals surface area contributed by atoms with Gasteiger partial charge in [-0.2, -0.15) is 0 Å². The highest BCUT2D eigenvalue weighted by Gasteiger charge is 2.45. The van der Waals surface area contributed by atoms with Gasteiger partial charge in [0.2, 0.25) is 5.91 Å². The minimum atomic E-state index is -0.818. The van der Waals surface area contributed by atoms with Crippen LogP contribution in [0, 0.1) is 11.7 Å². The molecule has 29 heavy (non-hydrogen) atoms. The first-order chi connectivity index (χ1) is 13.9. The van der Waals surface area contributed by atoms with Crippen LogP contribution >= 0.6 is 0 Å². The number of carbonyl (C=O) groups is 1. The molecule has 152 valence electrons. The van der Waals surface area contributed by atoms with Gasteiger partial charge in [-0.05, 0) is 50.3 Å². The summed E-state index contributed by atoms with van der Waals surface area (Å²) in [6.07, 6.45) is 5.92. The van der Waals surface area contributed by atoms with E-state index in [-0.39, 0.29) is 29.7 Å². The predicted molar refractivity (Wildman–Crippen MR) is 105 cm³/mol. The Hall–Kier alpha value is -2.80. The van der Waals surface area contributed by atoms with Crippen molar-refractivity contribution in [2.45, 2.75) is 51.0 Å². The Labute approximate surface area is 169 Å². The van der Waals surface area contributed by atoms with Crippen LogP contribution < -0.4 is 4.74 Å². The lowest BCUT2D eigenvalue weighted by Gasteiger charge is -2.39. The summed E-state index contributed by atoms with van der Waals surface area (Å²) in [5.41, 5.74) is 2.20. The third kappa shape index (κ3) is 3.87. The van der Waals surface area contributed by atoms with Crippen molar-refractivity contribution in [1.29, 1.82) is 0 Å². The van der Waals surface area contributed by atoms with Crippen LogP contribution in [-0.4, -0.2) is 38.2 Å². The van der Waals surface area contributed by atoms with E-state index in [0.29, 0.717) is 31.4 Å². The highest BCUT2D eigenvalue weighted by Crippen LogP contribution is 2.40. The Balaban J connectivity index is 1.38. The number of amides is 1. The number of allylic oxidation sites excluding steroid dienone is 1. The van der Waals surface area contributed by atoms with Crippen LogP contribution in [0.2, 0.25) is 0 Å². The Morgan fingerprint density at radius 1 is 1.31 bits per heavy atom. The van der Waals surface area contributed by atoms with Crippen molar-refractivity contribution < 1.29 is 19.0 Å². The number of hydrogen-bond donors (Lipinski definition) is 1. The number of aromatic nitrogens is 2. The van der Waals surface area contributed by atoms with Gasteiger partial charge in [-0.1, -0.05) is 18.2 Å². The van der Waals surface area contributed by atoms with Crippen molar-refractivity contribution in [3.63, 3.8) is 0 Å². The minimum absolute atomic E-state index is 0.108. The lowest BCUT2D eigenvalue weighted by Crippen LogP contribution is -2.48. The molecule has 1 amide bonds. The van der Waals surface area contributed by atoms with Crippen LogP contribution in [0.3, 0.4) is 0 Å². The average Bonchev–Trinajstić information content (AvgIpc) is 3.07. The number of carbonyl (C=O) groups excluding carboxylic acids is 1. The van der Waals surface area contributed by atoms with Crippen molar-refractivity contribution in [1.82, 2.24) is 14.9 Å². The average molecular weight is 397 g/mol. The van der Waals surface area contributed by atoms with Crippen LogP contribution in [0.1, 0.15) is 49.9 Å². The zero-order valence-electron chi connectivity index (χ0n) is 16.3. The summed E-state index contributed by atoms with van der Waals surface area (Å²) >= 11 is 0. The highest BCUT2D eigenvalue weighted by molar-refractivity contribution is 5.80. The molecule has 1 aliphatic heterocycles. The maximum atomic E-state index is 14.2. The van der Waals surface area contributed by atoms with E-state index in [1.807, 2.05) is 6.92 Å². The number of aliphatic hydroxyl groups is 1. The number of hydrogen-bond acceptors (Lipinski definition) is 5. The van der Waals surface area contributed by atoms with E-state index < -0.39 is 12.0 Å². The smallest absolute Gasteiger partial charge is 0.228 e. The van der Waals surface area contributed by atoms with Crippen LogP contribution in [-0.2, 0) is 4.79 Å². The van der Waals surface area contributed by atoms with Gasteiger partial charge in [-0.15, -0.1) is 0 Å². The summed E-state index contributed by atoms with van der Waals surface area (Å²) in [4.78, 5) is 22.9. The van der Waals surface area contributed by atoms with Gasteiger partial charge in [0.15, 0.2) is 11.6 Å². The molecule has 0 radical (unpaired) electrons. The van der Waals surface area contributed by atoms with Crippen LogP contribution in [0.4, 0.5) is 4.39 Å². The molecule has 6 nitrogen and oxygen atoms in total. The lowest BCUT2D eigenvalue weighted by molar-refractivity contribution is -0.151. The summed E-state index contributed by atoms with van der Waals surface area (Å²) in [7, 11) is 0. The number of halogens is 1. The van der Waals surface area contributed by atoms with Gasteiger partial charge in [0.05, 0.1) is 17.9 Å². The molecular formula is C22H24FN3O3. The van der Waals surface area contributed by atoms with Crippen molar-refractivity contribution in [3.8, 4) is 5.75 Å². The predicted octanol–water partition coefficient (Wildman–Crippen LogP) is 3.49. The van der Waals surface area contributed by atoms with E-state index in [9.17, 15) is 14.3 Å². The molecule has 2 aromatic rings. The zero-order valence-corrected chi connectivity index (χ0v) is 16.3. The Morgan fingerprint density at radius 3 is 2.76 bits per heavy atom. The first-order valence-corrected chi connectivity index (χ1v) is 9.82. The van der Waals surface area contributed by atoms with E-state index >= 15 is 0 Å². The second kappa shape index (κ2) is 7.91. The highest BCUT2D eigenvalue weighted by atomic mass is 19.1. The van der Waals surface area contributed by atoms with E-state index in [2.05, 4.69) is 16.5 Å². The Kier molecular flexibility index (Phi) is 5.32. The minimum Gasteiger partial charge on any atom is -0.487 e. The number of benzene rings is 1. The number of ether oxygens (including phenoxy) is 1. The molecule has 1 N–H and O–H groups in total. The van der Waals surface area contributed by atoms with Gasteiger partial charge < -0.3 is 14.7 Å². The standard InChI is InChI=1S/C22H24FN3O3/c1-13(2)14-3-5-20(17(23)11-14)29-16-9-15(10-16)22(28)26-19(4-6-21(26)27)18-12-24-7-8-25-18/h3,5,7-8,11-12,15-16,19,21,27H,1,4,6,9-10H2,2H3/t15?,16?,19-,21?/m0/s1. The SMILES string of the molecule is C=C(C)c1ccc(OC2CC(C(=O)N3C(O)CC[C@H]3c3cnccn3)C2)c(F)c1. The van der Waals surface area contributed by atoms with E-state index in [0.717, 1.165) is 11.1 Å². The molecule has 1 saturated heterocycles. The Morgan fingerprint density at radius 2 is 2.10 bits per heavy atom. The topological polar surface area (TPSA) is 75.5 Å². The fourth-order valence-corrected chi connectivity index (χ4v) is 3.98. The summed E-state index contributed by atoms with van der Waals surface area (Å²) in [6, 6.07) is 4.51. The van der Waals surface area contributed by atoms with Crippen LogP contribution in [0.5, 0.6) is 5.75 Å². The number of nitrogens with zero attached hydrogens (tertiary/aromatic N) is 3. The van der Waals surface area contributed by atoms with Crippen molar-refractivity contribution in [2.75, 3.05) is 0 Å². The second-order valence-electron chi connectivity index (χ2n) is 7.78. The number of aliphatic hydroxyl groups excluding tert-OH is 1. The zero-order chi connectivity index (χ0) is 20.5. The van der Waals surface area contributed by atoms with Gasteiger partial charge in [0.25, 0.3) is 0 Å². The molecule has 1 aliphatic carbocycles. The third-order valence-electron chi connectivity index (χ3n) is 5.70. The molecule has 0 spiro atoms. The van der Waals surface area contributed by atoms with Crippen molar-refractivity contribution >= 4 is 11.5 Å². The summed E-state index contributed by atoms with van der Waals surface area (Å²) < 4.78 is 20.0. The molecule has 1 unspecified atom stereocenters. The monoisotopic (exact) mass is 397 g/mol. The van der Waals surface area contributed by atoms with Crippen molar-refractivity contribution in [3.05, 3.63) is 60.4 Å². The molecule has 1 aromatic heterocycles. The maximum Gasteiger partial charge on any atom is 0.228 e. The first kappa shape index (κ1) is 19.5. The lowest BCUT2D eigenvalue weighted by atomic mass is 9.81. The van der Waals surface area contributed by atoms with Gasteiger partial charge in [0.1, 0.15) is 12.3 Å². The van der Waals surface area contributed by atoms with E-state index in [1.54, 1.807) is 30.7 Å². The molecule has 4 rings (SSSR count). The van der Waals surface area contributed by atoms with Gasteiger partial charge >= 0.3 is 0 Å². The Bertz CT molecular complexity index is 915. The van der Waals surface area contributed by atoms with Gasteiger partial charge in [-0.25, -0.2) is 4.39 Å². The molecule has 2 fully saturated rings. The van der Waals surface area contributed by atoms with Gasteiger partial charge in [0, 0.05) is 18.3 Å². The fraction of sp³-hybridized carbons (Fsp3) is 0.409. The van der Waals surface area contributed by atoms with Gasteiger partial charge in [-0.3, -0.25) is 14.8 Å². The largest absolute Gasteiger partial charge is 0.487 e. The summed E-state index contributed by atoms with van der Waals surface area (Å²) in [6.45, 7) is 5.63. The summed E-state index contributed by atoms with van der Waals surface area (Å²) in [5, 5.41) is 10.3. The molecule has 0 bridgehead atoms. The third-order valence-corrected chi connectivity index (χ3v) is 5.70.